The lowest BCUT2D eigenvalue weighted by Crippen LogP contribution is -2.04. The van der Waals surface area contributed by atoms with E-state index in [1.165, 1.54) is 0 Å². The lowest BCUT2D eigenvalue weighted by molar-refractivity contribution is -0.140. The van der Waals surface area contributed by atoms with Crippen LogP contribution in [0.25, 0.3) is 10.8 Å². The molecular formula is C17H16O3. The number of hydrogen-bond acceptors (Lipinski definition) is 3. The molecule has 0 heterocycles. The predicted octanol–water partition coefficient (Wildman–Crippen LogP) is 3.66. The summed E-state index contributed by atoms with van der Waals surface area (Å²) in [4.78, 5) is 22.9. The van der Waals surface area contributed by atoms with Crippen LogP contribution >= 0.6 is 0 Å². The zero-order valence-corrected chi connectivity index (χ0v) is 11.6. The summed E-state index contributed by atoms with van der Waals surface area (Å²) in [6.45, 7) is 6.90. The summed E-state index contributed by atoms with van der Waals surface area (Å²) in [5, 5.41) is 1.87. The lowest BCUT2D eigenvalue weighted by Gasteiger charge is -2.07. The summed E-state index contributed by atoms with van der Waals surface area (Å²) >= 11 is 0. The SMILES string of the molecule is C=C(C)C(=O)OCc1ccc2c(C(C)=O)cccc2c1. The smallest absolute Gasteiger partial charge is 0.333 e. The van der Waals surface area contributed by atoms with E-state index in [0.29, 0.717) is 11.1 Å². The van der Waals surface area contributed by atoms with Gasteiger partial charge in [0.1, 0.15) is 6.61 Å². The second-order valence-corrected chi connectivity index (χ2v) is 4.77. The minimum Gasteiger partial charge on any atom is -0.457 e. The quantitative estimate of drug-likeness (QED) is 0.483. The number of esters is 1. The van der Waals surface area contributed by atoms with Gasteiger partial charge in [-0.05, 0) is 36.2 Å². The summed E-state index contributed by atoms with van der Waals surface area (Å²) < 4.78 is 5.11. The molecule has 0 aromatic heterocycles. The van der Waals surface area contributed by atoms with Crippen molar-refractivity contribution in [1.29, 1.82) is 0 Å². The minimum atomic E-state index is -0.400. The van der Waals surface area contributed by atoms with Gasteiger partial charge in [-0.2, -0.15) is 0 Å². The van der Waals surface area contributed by atoms with Crippen molar-refractivity contribution in [2.45, 2.75) is 20.5 Å². The van der Waals surface area contributed by atoms with Crippen molar-refractivity contribution in [2.24, 2.45) is 0 Å². The Morgan fingerprint density at radius 3 is 2.55 bits per heavy atom. The molecule has 102 valence electrons. The number of carbonyl (C=O) groups is 2. The Bertz CT molecular complexity index is 698. The number of carbonyl (C=O) groups excluding carboxylic acids is 2. The fourth-order valence-electron chi connectivity index (χ4n) is 2.00. The molecule has 0 radical (unpaired) electrons. The van der Waals surface area contributed by atoms with E-state index in [0.717, 1.165) is 16.3 Å². The number of hydrogen-bond donors (Lipinski definition) is 0. The van der Waals surface area contributed by atoms with Crippen LogP contribution in [0.15, 0.2) is 48.6 Å². The van der Waals surface area contributed by atoms with Gasteiger partial charge in [0.15, 0.2) is 5.78 Å². The normalized spacial score (nSPS) is 10.3. The molecule has 2 aromatic carbocycles. The van der Waals surface area contributed by atoms with Crippen LogP contribution in [-0.2, 0) is 16.1 Å². The van der Waals surface area contributed by atoms with Crippen molar-refractivity contribution in [3.8, 4) is 0 Å². The van der Waals surface area contributed by atoms with Gasteiger partial charge in [0.2, 0.25) is 0 Å². The highest BCUT2D eigenvalue weighted by Crippen LogP contribution is 2.21. The maximum atomic E-state index is 11.6. The molecule has 2 aromatic rings. The Morgan fingerprint density at radius 2 is 1.90 bits per heavy atom. The third kappa shape index (κ3) is 2.94. The summed E-state index contributed by atoms with van der Waals surface area (Å²) in [5.74, 6) is -0.361. The van der Waals surface area contributed by atoms with Gasteiger partial charge >= 0.3 is 5.97 Å². The van der Waals surface area contributed by atoms with Gasteiger partial charge in [-0.15, -0.1) is 0 Å². The van der Waals surface area contributed by atoms with Crippen molar-refractivity contribution < 1.29 is 14.3 Å². The van der Waals surface area contributed by atoms with Crippen LogP contribution < -0.4 is 0 Å². The first-order chi connectivity index (χ1) is 9.49. The van der Waals surface area contributed by atoms with Crippen LogP contribution in [0.5, 0.6) is 0 Å². The third-order valence-electron chi connectivity index (χ3n) is 3.04. The van der Waals surface area contributed by atoms with Gasteiger partial charge in [0.25, 0.3) is 0 Å². The molecule has 0 atom stereocenters. The number of ether oxygens (including phenoxy) is 1. The van der Waals surface area contributed by atoms with Gasteiger partial charge in [0.05, 0.1) is 0 Å². The van der Waals surface area contributed by atoms with Crippen LogP contribution in [-0.4, -0.2) is 11.8 Å². The summed E-state index contributed by atoms with van der Waals surface area (Å²) in [6.07, 6.45) is 0. The molecule has 0 bridgehead atoms. The molecule has 0 spiro atoms. The number of ketones is 1. The van der Waals surface area contributed by atoms with Gasteiger partial charge in [0, 0.05) is 11.1 Å². The van der Waals surface area contributed by atoms with Gasteiger partial charge in [-0.25, -0.2) is 4.79 Å². The van der Waals surface area contributed by atoms with Crippen LogP contribution in [0, 0.1) is 0 Å². The Labute approximate surface area is 117 Å². The molecule has 0 amide bonds. The summed E-state index contributed by atoms with van der Waals surface area (Å²) in [5.41, 5.74) is 1.96. The average molecular weight is 268 g/mol. The molecule has 3 heteroatoms. The highest BCUT2D eigenvalue weighted by atomic mass is 16.5. The largest absolute Gasteiger partial charge is 0.457 e. The number of Topliss-reactive ketones (excluding diaryl/α,β-unsaturated/α-hetero) is 1. The van der Waals surface area contributed by atoms with E-state index < -0.39 is 5.97 Å². The molecule has 0 N–H and O–H groups in total. The van der Waals surface area contributed by atoms with Crippen molar-refractivity contribution in [3.05, 3.63) is 59.7 Å². The molecule has 20 heavy (non-hydrogen) atoms. The van der Waals surface area contributed by atoms with Crippen LogP contribution in [0.1, 0.15) is 29.8 Å². The molecule has 0 aliphatic heterocycles. The summed E-state index contributed by atoms with van der Waals surface area (Å²) in [7, 11) is 0. The summed E-state index contributed by atoms with van der Waals surface area (Å²) in [6, 6.07) is 11.3. The van der Waals surface area contributed by atoms with E-state index in [9.17, 15) is 9.59 Å². The molecule has 0 aliphatic rings. The monoisotopic (exact) mass is 268 g/mol. The van der Waals surface area contributed by atoms with Crippen molar-refractivity contribution in [1.82, 2.24) is 0 Å². The maximum absolute atomic E-state index is 11.6. The van der Waals surface area contributed by atoms with E-state index in [1.54, 1.807) is 13.8 Å². The molecule has 0 saturated heterocycles. The molecule has 0 aliphatic carbocycles. The van der Waals surface area contributed by atoms with Crippen LogP contribution in [0.4, 0.5) is 0 Å². The predicted molar refractivity (Wildman–Crippen MR) is 78.6 cm³/mol. The van der Waals surface area contributed by atoms with Crippen LogP contribution in [0.2, 0.25) is 0 Å². The topological polar surface area (TPSA) is 43.4 Å². The minimum absolute atomic E-state index is 0.0389. The standard InChI is InChI=1S/C17H16O3/c1-11(2)17(19)20-10-13-7-8-16-14(9-13)5-4-6-15(16)12(3)18/h4-9H,1,10H2,2-3H3. The maximum Gasteiger partial charge on any atom is 0.333 e. The second-order valence-electron chi connectivity index (χ2n) is 4.77. The lowest BCUT2D eigenvalue weighted by atomic mass is 10.0. The first-order valence-corrected chi connectivity index (χ1v) is 6.34. The molecule has 3 nitrogen and oxygen atoms in total. The van der Waals surface area contributed by atoms with Crippen molar-refractivity contribution in [3.63, 3.8) is 0 Å². The third-order valence-corrected chi connectivity index (χ3v) is 3.04. The molecule has 0 fully saturated rings. The second kappa shape index (κ2) is 5.70. The Balaban J connectivity index is 2.28. The first kappa shape index (κ1) is 14.0. The van der Waals surface area contributed by atoms with Gasteiger partial charge < -0.3 is 4.74 Å². The Kier molecular flexibility index (Phi) is 3.99. The zero-order valence-electron chi connectivity index (χ0n) is 11.6. The number of rotatable bonds is 4. The van der Waals surface area contributed by atoms with Crippen LogP contribution in [0.3, 0.4) is 0 Å². The first-order valence-electron chi connectivity index (χ1n) is 6.34. The molecule has 0 saturated carbocycles. The van der Waals surface area contributed by atoms with Crippen molar-refractivity contribution >= 4 is 22.5 Å². The van der Waals surface area contributed by atoms with E-state index in [-0.39, 0.29) is 12.4 Å². The van der Waals surface area contributed by atoms with Gasteiger partial charge in [-0.3, -0.25) is 4.79 Å². The number of benzene rings is 2. The van der Waals surface area contributed by atoms with E-state index >= 15 is 0 Å². The van der Waals surface area contributed by atoms with E-state index in [4.69, 9.17) is 4.74 Å². The average Bonchev–Trinajstić information content (AvgIpc) is 2.43. The fourth-order valence-corrected chi connectivity index (χ4v) is 2.00. The number of fused-ring (bicyclic) bond motifs is 1. The highest BCUT2D eigenvalue weighted by Gasteiger charge is 2.07. The molecule has 0 unspecified atom stereocenters. The zero-order chi connectivity index (χ0) is 14.7. The Morgan fingerprint density at radius 1 is 1.15 bits per heavy atom. The highest BCUT2D eigenvalue weighted by molar-refractivity contribution is 6.07. The fraction of sp³-hybridized carbons (Fsp3) is 0.176. The molecular weight excluding hydrogens is 252 g/mol. The van der Waals surface area contributed by atoms with E-state index in [2.05, 4.69) is 6.58 Å². The molecule has 2 rings (SSSR count). The van der Waals surface area contributed by atoms with Crippen molar-refractivity contribution in [2.75, 3.05) is 0 Å². The van der Waals surface area contributed by atoms with Gasteiger partial charge in [-0.1, -0.05) is 36.9 Å². The van der Waals surface area contributed by atoms with E-state index in [1.807, 2.05) is 36.4 Å². The Hall–Kier alpha value is -2.42.